The van der Waals surface area contributed by atoms with E-state index in [1.807, 2.05) is 0 Å². The van der Waals surface area contributed by atoms with E-state index < -0.39 is 0 Å². The summed E-state index contributed by atoms with van der Waals surface area (Å²) < 4.78 is 0. The van der Waals surface area contributed by atoms with Crippen molar-refractivity contribution in [1.29, 1.82) is 0 Å². The van der Waals surface area contributed by atoms with E-state index in [1.165, 1.54) is 18.4 Å². The first-order chi connectivity index (χ1) is 4.62. The van der Waals surface area contributed by atoms with E-state index >= 15 is 0 Å². The number of hydrogen-bond acceptors (Lipinski definition) is 1. The van der Waals surface area contributed by atoms with Crippen LogP contribution in [0, 0.1) is 17.3 Å². The van der Waals surface area contributed by atoms with Gasteiger partial charge >= 0.3 is 0 Å². The van der Waals surface area contributed by atoms with Gasteiger partial charge in [-0.2, -0.15) is 0 Å². The minimum absolute atomic E-state index is 0.0145. The summed E-state index contributed by atoms with van der Waals surface area (Å²) >= 11 is 0. The quantitative estimate of drug-likeness (QED) is 0.498. The molecule has 1 nitrogen and oxygen atoms in total. The lowest BCUT2D eigenvalue weighted by atomic mass is 9.60. The molecule has 0 aromatic heterocycles. The molecule has 4 atom stereocenters. The molecule has 3 saturated carbocycles. The van der Waals surface area contributed by atoms with Crippen LogP contribution in [0.15, 0.2) is 12.2 Å². The Morgan fingerprint density at radius 2 is 2.40 bits per heavy atom. The molecule has 4 unspecified atom stereocenters. The molecule has 0 aliphatic heterocycles. The van der Waals surface area contributed by atoms with E-state index in [4.69, 9.17) is 5.73 Å². The number of fused-ring (bicyclic) bond motifs is 1. The standard InChI is InChI=1S/C9H13N/c1-5-7-6-3-4-9(6,7)8(5,2)10/h6-7H,1,3-4,10H2,2H3. The van der Waals surface area contributed by atoms with Gasteiger partial charge in [-0.05, 0) is 31.6 Å². The summed E-state index contributed by atoms with van der Waals surface area (Å²) in [5.41, 5.74) is 8.04. The largest absolute Gasteiger partial charge is 0.321 e. The Kier molecular flexibility index (Phi) is 0.537. The van der Waals surface area contributed by atoms with Crippen molar-refractivity contribution in [1.82, 2.24) is 0 Å². The number of hydrogen-bond donors (Lipinski definition) is 1. The fourth-order valence-corrected chi connectivity index (χ4v) is 3.53. The highest BCUT2D eigenvalue weighted by Gasteiger charge is 2.85. The monoisotopic (exact) mass is 135 g/mol. The zero-order valence-electron chi connectivity index (χ0n) is 6.35. The van der Waals surface area contributed by atoms with Crippen LogP contribution in [0.1, 0.15) is 19.8 Å². The van der Waals surface area contributed by atoms with Crippen molar-refractivity contribution in [3.05, 3.63) is 12.2 Å². The van der Waals surface area contributed by atoms with Gasteiger partial charge in [0.05, 0.1) is 0 Å². The predicted octanol–water partition coefficient (Wildman–Crippen LogP) is 1.30. The molecule has 0 aromatic rings. The third-order valence-corrected chi connectivity index (χ3v) is 4.39. The van der Waals surface area contributed by atoms with Crippen molar-refractivity contribution < 1.29 is 0 Å². The lowest BCUT2D eigenvalue weighted by molar-refractivity contribution is 0.144. The van der Waals surface area contributed by atoms with Crippen LogP contribution >= 0.6 is 0 Å². The van der Waals surface area contributed by atoms with Gasteiger partial charge in [0.1, 0.15) is 0 Å². The van der Waals surface area contributed by atoms with E-state index in [9.17, 15) is 0 Å². The van der Waals surface area contributed by atoms with Crippen LogP contribution in [0.3, 0.4) is 0 Å². The summed E-state index contributed by atoms with van der Waals surface area (Å²) in [4.78, 5) is 0. The van der Waals surface area contributed by atoms with Crippen LogP contribution in [0.4, 0.5) is 0 Å². The maximum atomic E-state index is 6.13. The molecule has 3 aliphatic carbocycles. The highest BCUT2D eigenvalue weighted by atomic mass is 15.0. The molecular weight excluding hydrogens is 122 g/mol. The fourth-order valence-electron chi connectivity index (χ4n) is 3.53. The second-order valence-corrected chi connectivity index (χ2v) is 4.39. The van der Waals surface area contributed by atoms with Gasteiger partial charge in [0.25, 0.3) is 0 Å². The van der Waals surface area contributed by atoms with Crippen molar-refractivity contribution in [3.63, 3.8) is 0 Å². The maximum absolute atomic E-state index is 6.13. The Balaban J connectivity index is 2.10. The predicted molar refractivity (Wildman–Crippen MR) is 40.4 cm³/mol. The zero-order chi connectivity index (χ0) is 7.15. The normalized spacial score (nSPS) is 69.2. The Labute approximate surface area is 61.3 Å². The molecule has 0 aromatic carbocycles. The number of nitrogens with two attached hydrogens (primary N) is 1. The fraction of sp³-hybridized carbons (Fsp3) is 0.778. The Hall–Kier alpha value is -0.300. The summed E-state index contributed by atoms with van der Waals surface area (Å²) in [5.74, 6) is 1.80. The van der Waals surface area contributed by atoms with Gasteiger partial charge < -0.3 is 5.73 Å². The Morgan fingerprint density at radius 1 is 1.70 bits per heavy atom. The van der Waals surface area contributed by atoms with Crippen LogP contribution in [-0.2, 0) is 0 Å². The summed E-state index contributed by atoms with van der Waals surface area (Å²) in [6.07, 6.45) is 2.78. The summed E-state index contributed by atoms with van der Waals surface area (Å²) in [7, 11) is 0. The van der Waals surface area contributed by atoms with Crippen molar-refractivity contribution in [3.8, 4) is 0 Å². The molecule has 2 N–H and O–H groups in total. The van der Waals surface area contributed by atoms with Gasteiger partial charge in [0.2, 0.25) is 0 Å². The molecule has 54 valence electrons. The van der Waals surface area contributed by atoms with Gasteiger partial charge in [0, 0.05) is 11.0 Å². The molecule has 1 spiro atoms. The van der Waals surface area contributed by atoms with Crippen molar-refractivity contribution in [2.45, 2.75) is 25.3 Å². The molecule has 3 rings (SSSR count). The molecule has 3 fully saturated rings. The zero-order valence-corrected chi connectivity index (χ0v) is 6.35. The van der Waals surface area contributed by atoms with Gasteiger partial charge in [-0.1, -0.05) is 12.2 Å². The Bertz CT molecular complexity index is 241. The molecule has 0 radical (unpaired) electrons. The second-order valence-electron chi connectivity index (χ2n) is 4.39. The minimum Gasteiger partial charge on any atom is -0.321 e. The summed E-state index contributed by atoms with van der Waals surface area (Å²) in [6, 6.07) is 0. The highest BCUT2D eigenvalue weighted by Crippen LogP contribution is 2.87. The van der Waals surface area contributed by atoms with Gasteiger partial charge in [-0.3, -0.25) is 0 Å². The SMILES string of the molecule is C=C1C2C3CCC32C1(C)N. The lowest BCUT2D eigenvalue weighted by Crippen LogP contribution is -2.57. The smallest absolute Gasteiger partial charge is 0.0406 e. The van der Waals surface area contributed by atoms with Gasteiger partial charge in [-0.15, -0.1) is 0 Å². The van der Waals surface area contributed by atoms with Crippen LogP contribution in [-0.4, -0.2) is 5.54 Å². The van der Waals surface area contributed by atoms with E-state index in [-0.39, 0.29) is 5.54 Å². The molecule has 10 heavy (non-hydrogen) atoms. The molecule has 0 heterocycles. The average molecular weight is 135 g/mol. The maximum Gasteiger partial charge on any atom is 0.0406 e. The summed E-state index contributed by atoms with van der Waals surface area (Å²) in [5, 5.41) is 0. The lowest BCUT2D eigenvalue weighted by Gasteiger charge is -2.48. The molecule has 0 amide bonds. The van der Waals surface area contributed by atoms with Crippen LogP contribution in [0.25, 0.3) is 0 Å². The van der Waals surface area contributed by atoms with E-state index in [0.717, 1.165) is 11.8 Å². The third kappa shape index (κ3) is 0.231. The topological polar surface area (TPSA) is 26.0 Å². The first kappa shape index (κ1) is 5.36. The van der Waals surface area contributed by atoms with Crippen molar-refractivity contribution in [2.24, 2.45) is 23.0 Å². The van der Waals surface area contributed by atoms with Crippen LogP contribution in [0.2, 0.25) is 0 Å². The third-order valence-electron chi connectivity index (χ3n) is 4.39. The van der Waals surface area contributed by atoms with Gasteiger partial charge in [-0.25, -0.2) is 0 Å². The molecule has 3 aliphatic rings. The highest BCUT2D eigenvalue weighted by molar-refractivity contribution is 5.52. The van der Waals surface area contributed by atoms with E-state index in [1.54, 1.807) is 0 Å². The second kappa shape index (κ2) is 1.00. The van der Waals surface area contributed by atoms with Crippen LogP contribution < -0.4 is 5.73 Å². The van der Waals surface area contributed by atoms with Gasteiger partial charge in [0.15, 0.2) is 0 Å². The van der Waals surface area contributed by atoms with Crippen molar-refractivity contribution >= 4 is 0 Å². The molecule has 0 saturated heterocycles. The van der Waals surface area contributed by atoms with E-state index in [0.29, 0.717) is 5.41 Å². The molecular formula is C9H13N. The first-order valence-electron chi connectivity index (χ1n) is 4.10. The molecule has 1 heteroatoms. The average Bonchev–Trinajstić information content (AvgIpc) is 2.27. The molecule has 0 bridgehead atoms. The van der Waals surface area contributed by atoms with Crippen molar-refractivity contribution in [2.75, 3.05) is 0 Å². The number of rotatable bonds is 0. The first-order valence-corrected chi connectivity index (χ1v) is 4.10. The minimum atomic E-state index is 0.0145. The van der Waals surface area contributed by atoms with Crippen LogP contribution in [0.5, 0.6) is 0 Å². The Morgan fingerprint density at radius 3 is 2.60 bits per heavy atom. The van der Waals surface area contributed by atoms with E-state index in [2.05, 4.69) is 13.5 Å². The summed E-state index contributed by atoms with van der Waals surface area (Å²) in [6.45, 7) is 6.20.